The van der Waals surface area contributed by atoms with Crippen molar-refractivity contribution >= 4 is 16.6 Å². The van der Waals surface area contributed by atoms with E-state index in [1.807, 2.05) is 36.4 Å². The molecule has 2 aromatic carbocycles. The summed E-state index contributed by atoms with van der Waals surface area (Å²) in [6.45, 7) is 0.642. The fourth-order valence-corrected chi connectivity index (χ4v) is 2.21. The van der Waals surface area contributed by atoms with Crippen LogP contribution in [0.2, 0.25) is 0 Å². The minimum atomic E-state index is 0.270. The summed E-state index contributed by atoms with van der Waals surface area (Å²) in [6, 6.07) is 15.0. The van der Waals surface area contributed by atoms with Crippen molar-refractivity contribution in [1.82, 2.24) is 4.98 Å². The number of aromatic nitrogens is 1. The number of pyridine rings is 1. The minimum absolute atomic E-state index is 0.270. The molecule has 0 spiro atoms. The Balaban J connectivity index is 1.87. The van der Waals surface area contributed by atoms with Crippen LogP contribution < -0.4 is 10.1 Å². The zero-order valence-corrected chi connectivity index (χ0v) is 11.7. The van der Waals surface area contributed by atoms with Gasteiger partial charge in [0.2, 0.25) is 0 Å². The van der Waals surface area contributed by atoms with E-state index in [0.717, 1.165) is 27.9 Å². The number of methoxy groups -OCH3 is 1. The van der Waals surface area contributed by atoms with E-state index in [-0.39, 0.29) is 5.75 Å². The highest BCUT2D eigenvalue weighted by molar-refractivity contribution is 5.92. The van der Waals surface area contributed by atoms with Gasteiger partial charge in [-0.25, -0.2) is 4.98 Å². The van der Waals surface area contributed by atoms with Gasteiger partial charge in [-0.3, -0.25) is 0 Å². The van der Waals surface area contributed by atoms with E-state index in [9.17, 15) is 5.11 Å². The lowest BCUT2D eigenvalue weighted by Gasteiger charge is -2.10. The second-order valence-corrected chi connectivity index (χ2v) is 4.77. The molecule has 21 heavy (non-hydrogen) atoms. The number of anilines is 1. The van der Waals surface area contributed by atoms with Crippen molar-refractivity contribution in [1.29, 1.82) is 0 Å². The van der Waals surface area contributed by atoms with Gasteiger partial charge in [-0.1, -0.05) is 18.2 Å². The van der Waals surface area contributed by atoms with Crippen LogP contribution in [0, 0.1) is 0 Å². The highest BCUT2D eigenvalue weighted by Gasteiger charge is 2.04. The molecule has 0 aliphatic heterocycles. The number of aromatic hydroxyl groups is 1. The monoisotopic (exact) mass is 280 g/mol. The summed E-state index contributed by atoms with van der Waals surface area (Å²) in [4.78, 5) is 4.40. The van der Waals surface area contributed by atoms with Gasteiger partial charge >= 0.3 is 0 Å². The van der Waals surface area contributed by atoms with Gasteiger partial charge in [0.25, 0.3) is 0 Å². The summed E-state index contributed by atoms with van der Waals surface area (Å²) in [6.07, 6.45) is 1.79. The molecule has 0 aliphatic rings. The van der Waals surface area contributed by atoms with Gasteiger partial charge in [-0.05, 0) is 41.3 Å². The van der Waals surface area contributed by atoms with E-state index in [0.29, 0.717) is 6.54 Å². The average Bonchev–Trinajstić information content (AvgIpc) is 2.54. The molecular formula is C17H16N2O2. The number of hydrogen-bond acceptors (Lipinski definition) is 4. The molecule has 0 unspecified atom stereocenters. The molecule has 0 saturated carbocycles. The molecule has 106 valence electrons. The Hall–Kier alpha value is -2.75. The molecule has 0 fully saturated rings. The minimum Gasteiger partial charge on any atom is -0.508 e. The molecular weight excluding hydrogens is 264 g/mol. The molecule has 0 bridgehead atoms. The molecule has 2 N–H and O–H groups in total. The third kappa shape index (κ3) is 2.89. The maximum Gasteiger partial charge on any atom is 0.134 e. The van der Waals surface area contributed by atoms with Crippen molar-refractivity contribution in [3.63, 3.8) is 0 Å². The molecule has 0 atom stereocenters. The molecule has 4 nitrogen and oxygen atoms in total. The smallest absolute Gasteiger partial charge is 0.134 e. The number of nitrogens with zero attached hydrogens (tertiary/aromatic N) is 1. The third-order valence-corrected chi connectivity index (χ3v) is 3.37. The molecule has 3 aromatic rings. The molecule has 0 radical (unpaired) electrons. The van der Waals surface area contributed by atoms with Crippen LogP contribution in [0.3, 0.4) is 0 Å². The van der Waals surface area contributed by atoms with Gasteiger partial charge in [-0.2, -0.15) is 0 Å². The van der Waals surface area contributed by atoms with E-state index in [1.165, 1.54) is 0 Å². The normalized spacial score (nSPS) is 10.5. The Morgan fingerprint density at radius 2 is 1.90 bits per heavy atom. The highest BCUT2D eigenvalue weighted by atomic mass is 16.5. The number of ether oxygens (including phenoxy) is 1. The lowest BCUT2D eigenvalue weighted by molar-refractivity contribution is 0.415. The van der Waals surface area contributed by atoms with E-state index in [4.69, 9.17) is 4.74 Å². The molecule has 3 rings (SSSR count). The van der Waals surface area contributed by atoms with E-state index >= 15 is 0 Å². The molecule has 0 saturated heterocycles. The fraction of sp³-hybridized carbons (Fsp3) is 0.118. The zero-order valence-electron chi connectivity index (χ0n) is 11.7. The van der Waals surface area contributed by atoms with E-state index in [1.54, 1.807) is 25.4 Å². The average molecular weight is 280 g/mol. The Morgan fingerprint density at radius 3 is 2.67 bits per heavy atom. The Morgan fingerprint density at radius 1 is 1.10 bits per heavy atom. The Labute approximate surface area is 123 Å². The number of nitrogens with one attached hydrogen (secondary N) is 1. The first kappa shape index (κ1) is 13.2. The zero-order chi connectivity index (χ0) is 14.7. The highest BCUT2D eigenvalue weighted by Crippen LogP contribution is 2.26. The van der Waals surface area contributed by atoms with Gasteiger partial charge in [0.1, 0.15) is 17.3 Å². The van der Waals surface area contributed by atoms with Crippen molar-refractivity contribution in [3.8, 4) is 11.5 Å². The first-order valence-corrected chi connectivity index (χ1v) is 6.71. The topological polar surface area (TPSA) is 54.4 Å². The SMILES string of the molecule is COc1ccc2ccnc(NCc3ccc(O)cc3)c2c1. The maximum absolute atomic E-state index is 9.29. The van der Waals surface area contributed by atoms with Crippen molar-refractivity contribution in [2.24, 2.45) is 0 Å². The molecule has 1 aromatic heterocycles. The molecule has 0 amide bonds. The second-order valence-electron chi connectivity index (χ2n) is 4.77. The fourth-order valence-electron chi connectivity index (χ4n) is 2.21. The summed E-state index contributed by atoms with van der Waals surface area (Å²) in [5.41, 5.74) is 1.08. The summed E-state index contributed by atoms with van der Waals surface area (Å²) in [7, 11) is 1.65. The molecule has 0 aliphatic carbocycles. The first-order chi connectivity index (χ1) is 10.3. The number of benzene rings is 2. The van der Waals surface area contributed by atoms with Crippen LogP contribution in [0.25, 0.3) is 10.8 Å². The van der Waals surface area contributed by atoms with Gasteiger partial charge < -0.3 is 15.2 Å². The summed E-state index contributed by atoms with van der Waals surface area (Å²) in [5.74, 6) is 1.90. The quantitative estimate of drug-likeness (QED) is 0.767. The van der Waals surface area contributed by atoms with Crippen LogP contribution >= 0.6 is 0 Å². The molecule has 4 heteroatoms. The maximum atomic E-state index is 9.29. The lowest BCUT2D eigenvalue weighted by atomic mass is 10.1. The number of hydrogen-bond donors (Lipinski definition) is 2. The summed E-state index contributed by atoms with van der Waals surface area (Å²) >= 11 is 0. The largest absolute Gasteiger partial charge is 0.508 e. The predicted octanol–water partition coefficient (Wildman–Crippen LogP) is 3.56. The predicted molar refractivity (Wildman–Crippen MR) is 83.7 cm³/mol. The number of phenolic OH excluding ortho intramolecular Hbond substituents is 1. The Bertz CT molecular complexity index is 754. The van der Waals surface area contributed by atoms with Gasteiger partial charge in [0, 0.05) is 18.1 Å². The summed E-state index contributed by atoms with van der Waals surface area (Å²) in [5, 5.41) is 14.8. The second kappa shape index (κ2) is 5.71. The van der Waals surface area contributed by atoms with E-state index in [2.05, 4.69) is 10.3 Å². The molecule has 1 heterocycles. The number of phenols is 1. The van der Waals surface area contributed by atoms with Crippen LogP contribution in [0.4, 0.5) is 5.82 Å². The summed E-state index contributed by atoms with van der Waals surface area (Å²) < 4.78 is 5.27. The van der Waals surface area contributed by atoms with Crippen LogP contribution in [0.5, 0.6) is 11.5 Å². The van der Waals surface area contributed by atoms with Gasteiger partial charge in [-0.15, -0.1) is 0 Å². The van der Waals surface area contributed by atoms with Crippen LogP contribution in [-0.4, -0.2) is 17.2 Å². The van der Waals surface area contributed by atoms with Gasteiger partial charge in [0.15, 0.2) is 0 Å². The third-order valence-electron chi connectivity index (χ3n) is 3.37. The van der Waals surface area contributed by atoms with E-state index < -0.39 is 0 Å². The van der Waals surface area contributed by atoms with Gasteiger partial charge in [0.05, 0.1) is 7.11 Å². The van der Waals surface area contributed by atoms with Crippen LogP contribution in [-0.2, 0) is 6.54 Å². The number of fused-ring (bicyclic) bond motifs is 1. The lowest BCUT2D eigenvalue weighted by Crippen LogP contribution is -2.01. The van der Waals surface area contributed by atoms with Crippen molar-refractivity contribution in [2.45, 2.75) is 6.54 Å². The van der Waals surface area contributed by atoms with Crippen LogP contribution in [0.1, 0.15) is 5.56 Å². The standard InChI is InChI=1S/C17H16N2O2/c1-21-15-7-4-13-8-9-18-17(16(13)10-15)19-11-12-2-5-14(20)6-3-12/h2-10,20H,11H2,1H3,(H,18,19). The van der Waals surface area contributed by atoms with Crippen LogP contribution in [0.15, 0.2) is 54.7 Å². The number of rotatable bonds is 4. The van der Waals surface area contributed by atoms with Crippen molar-refractivity contribution < 1.29 is 9.84 Å². The van der Waals surface area contributed by atoms with Crippen molar-refractivity contribution in [2.75, 3.05) is 12.4 Å². The van der Waals surface area contributed by atoms with Crippen molar-refractivity contribution in [3.05, 3.63) is 60.3 Å². The Kier molecular flexibility index (Phi) is 3.60. The first-order valence-electron chi connectivity index (χ1n) is 6.71.